The first-order valence-corrected chi connectivity index (χ1v) is 11.0. The maximum Gasteiger partial charge on any atom is 0.258 e. The molecule has 0 N–H and O–H groups in total. The Morgan fingerprint density at radius 2 is 1.69 bits per heavy atom. The minimum atomic E-state index is -0.285. The van der Waals surface area contributed by atoms with Crippen molar-refractivity contribution in [2.24, 2.45) is 0 Å². The molecule has 0 fully saturated rings. The molecule has 0 spiro atoms. The zero-order chi connectivity index (χ0) is 22.7. The van der Waals surface area contributed by atoms with Crippen molar-refractivity contribution >= 4 is 23.2 Å². The third kappa shape index (κ3) is 4.11. The molecule has 5 nitrogen and oxygen atoms in total. The largest absolute Gasteiger partial charge is 0.497 e. The van der Waals surface area contributed by atoms with Gasteiger partial charge in [-0.15, -0.1) is 0 Å². The predicted octanol–water partition coefficient (Wildman–Crippen LogP) is 5.19. The quantitative estimate of drug-likeness (QED) is 0.562. The van der Waals surface area contributed by atoms with Crippen molar-refractivity contribution in [2.45, 2.75) is 26.2 Å². The molecule has 1 heterocycles. The van der Waals surface area contributed by atoms with Crippen LogP contribution in [0.25, 0.3) is 0 Å². The first-order chi connectivity index (χ1) is 15.5. The van der Waals surface area contributed by atoms with E-state index in [2.05, 4.69) is 0 Å². The van der Waals surface area contributed by atoms with E-state index in [9.17, 15) is 9.59 Å². The Morgan fingerprint density at radius 3 is 2.34 bits per heavy atom. The molecule has 0 saturated carbocycles. The summed E-state index contributed by atoms with van der Waals surface area (Å²) in [5.41, 5.74) is 4.36. The van der Waals surface area contributed by atoms with Crippen LogP contribution in [0.15, 0.2) is 72.8 Å². The van der Waals surface area contributed by atoms with Crippen molar-refractivity contribution in [3.05, 3.63) is 89.5 Å². The van der Waals surface area contributed by atoms with Gasteiger partial charge in [0.25, 0.3) is 5.91 Å². The van der Waals surface area contributed by atoms with Crippen LogP contribution in [0, 0.1) is 6.92 Å². The van der Waals surface area contributed by atoms with Crippen molar-refractivity contribution in [1.82, 2.24) is 0 Å². The van der Waals surface area contributed by atoms with Crippen LogP contribution in [0.1, 0.15) is 40.7 Å². The monoisotopic (exact) mass is 428 g/mol. The van der Waals surface area contributed by atoms with E-state index in [-0.39, 0.29) is 17.7 Å². The van der Waals surface area contributed by atoms with E-state index in [1.54, 1.807) is 36.3 Å². The number of hydrogen-bond donors (Lipinski definition) is 0. The summed E-state index contributed by atoms with van der Waals surface area (Å²) in [7, 11) is 1.60. The lowest BCUT2D eigenvalue weighted by Gasteiger charge is -2.36. The van der Waals surface area contributed by atoms with Crippen molar-refractivity contribution < 1.29 is 14.3 Å². The molecule has 0 aromatic heterocycles. The fourth-order valence-electron chi connectivity index (χ4n) is 4.30. The van der Waals surface area contributed by atoms with E-state index in [1.807, 2.05) is 67.3 Å². The van der Waals surface area contributed by atoms with Gasteiger partial charge in [0.1, 0.15) is 5.75 Å². The maximum absolute atomic E-state index is 13.6. The summed E-state index contributed by atoms with van der Waals surface area (Å²) in [5, 5.41) is 0. The van der Waals surface area contributed by atoms with Gasteiger partial charge in [0, 0.05) is 30.0 Å². The number of carbonyl (C=O) groups is 2. The van der Waals surface area contributed by atoms with Gasteiger partial charge in [0.15, 0.2) is 0 Å². The predicted molar refractivity (Wildman–Crippen MR) is 128 cm³/mol. The number of aryl methyl sites for hydroxylation is 1. The van der Waals surface area contributed by atoms with Gasteiger partial charge in [-0.1, -0.05) is 35.9 Å². The molecular weight excluding hydrogens is 400 g/mol. The van der Waals surface area contributed by atoms with Crippen molar-refractivity contribution in [1.29, 1.82) is 0 Å². The van der Waals surface area contributed by atoms with E-state index in [0.29, 0.717) is 30.8 Å². The first kappa shape index (κ1) is 21.6. The van der Waals surface area contributed by atoms with E-state index in [1.165, 1.54) is 0 Å². The average Bonchev–Trinajstić information content (AvgIpc) is 2.84. The number of likely N-dealkylation sites (N-methyl/N-ethyl adjacent to an activating group) is 1. The van der Waals surface area contributed by atoms with Gasteiger partial charge in [-0.2, -0.15) is 0 Å². The zero-order valence-electron chi connectivity index (χ0n) is 18.7. The minimum absolute atomic E-state index is 0.0698. The summed E-state index contributed by atoms with van der Waals surface area (Å²) in [6.07, 6.45) is 0.583. The number of amides is 2. The highest BCUT2D eigenvalue weighted by Gasteiger charge is 2.35. The Hall–Kier alpha value is -3.60. The van der Waals surface area contributed by atoms with Crippen molar-refractivity contribution in [3.8, 4) is 5.75 Å². The van der Waals surface area contributed by atoms with Crippen LogP contribution in [-0.2, 0) is 4.79 Å². The fourth-order valence-corrected chi connectivity index (χ4v) is 4.30. The van der Waals surface area contributed by atoms with Crippen LogP contribution >= 0.6 is 0 Å². The molecule has 0 unspecified atom stereocenters. The van der Waals surface area contributed by atoms with Gasteiger partial charge in [-0.25, -0.2) is 0 Å². The molecule has 0 radical (unpaired) electrons. The van der Waals surface area contributed by atoms with Crippen LogP contribution in [0.2, 0.25) is 0 Å². The summed E-state index contributed by atoms with van der Waals surface area (Å²) in [6.45, 7) is 5.11. The third-order valence-electron chi connectivity index (χ3n) is 6.05. The van der Waals surface area contributed by atoms with Crippen LogP contribution in [0.5, 0.6) is 5.75 Å². The lowest BCUT2D eigenvalue weighted by molar-refractivity contribution is -0.120. The van der Waals surface area contributed by atoms with Gasteiger partial charge in [-0.3, -0.25) is 9.59 Å². The second kappa shape index (κ2) is 9.27. The number of nitrogens with zero attached hydrogens (tertiary/aromatic N) is 2. The summed E-state index contributed by atoms with van der Waals surface area (Å²) >= 11 is 0. The van der Waals surface area contributed by atoms with Gasteiger partial charge >= 0.3 is 0 Å². The molecule has 1 aliphatic rings. The van der Waals surface area contributed by atoms with Crippen LogP contribution in [0.3, 0.4) is 0 Å². The Labute approximate surface area is 189 Å². The fraction of sp³-hybridized carbons (Fsp3) is 0.259. The number of methoxy groups -OCH3 is 1. The van der Waals surface area contributed by atoms with Crippen LogP contribution in [0.4, 0.5) is 11.4 Å². The Bertz CT molecular complexity index is 1110. The summed E-state index contributed by atoms with van der Waals surface area (Å²) in [5.74, 6) is 0.423. The van der Waals surface area contributed by atoms with Gasteiger partial charge in [-0.05, 0) is 68.3 Å². The maximum atomic E-state index is 13.6. The number of anilines is 2. The second-order valence-corrected chi connectivity index (χ2v) is 8.00. The normalized spacial score (nSPS) is 15.1. The molecule has 3 aromatic rings. The molecule has 164 valence electrons. The summed E-state index contributed by atoms with van der Waals surface area (Å²) in [6, 6.07) is 22.9. The van der Waals surface area contributed by atoms with E-state index in [4.69, 9.17) is 4.74 Å². The van der Waals surface area contributed by atoms with Crippen LogP contribution in [-0.4, -0.2) is 32.0 Å². The molecular formula is C27H28N2O3. The highest BCUT2D eigenvalue weighted by Crippen LogP contribution is 2.38. The number of benzene rings is 3. The molecule has 1 aliphatic heterocycles. The molecule has 0 saturated heterocycles. The molecule has 0 aliphatic carbocycles. The summed E-state index contributed by atoms with van der Waals surface area (Å²) < 4.78 is 5.20. The number of fused-ring (bicyclic) bond motifs is 1. The highest BCUT2D eigenvalue weighted by atomic mass is 16.5. The van der Waals surface area contributed by atoms with E-state index in [0.717, 1.165) is 22.5 Å². The molecule has 2 amide bonds. The first-order valence-electron chi connectivity index (χ1n) is 11.0. The highest BCUT2D eigenvalue weighted by molar-refractivity contribution is 6.08. The van der Waals surface area contributed by atoms with Crippen molar-refractivity contribution in [3.63, 3.8) is 0 Å². The molecule has 4 rings (SSSR count). The molecule has 3 aromatic carbocycles. The minimum Gasteiger partial charge on any atom is -0.497 e. The van der Waals surface area contributed by atoms with Crippen LogP contribution < -0.4 is 14.5 Å². The Kier molecular flexibility index (Phi) is 6.26. The lowest BCUT2D eigenvalue weighted by atomic mass is 9.88. The molecule has 0 bridgehead atoms. The van der Waals surface area contributed by atoms with E-state index < -0.39 is 0 Å². The van der Waals surface area contributed by atoms with Crippen molar-refractivity contribution in [2.75, 3.05) is 30.0 Å². The number of hydrogen-bond acceptors (Lipinski definition) is 3. The average molecular weight is 429 g/mol. The summed E-state index contributed by atoms with van der Waals surface area (Å²) in [4.78, 5) is 30.5. The smallest absolute Gasteiger partial charge is 0.258 e. The second-order valence-electron chi connectivity index (χ2n) is 8.00. The van der Waals surface area contributed by atoms with Gasteiger partial charge in [0.05, 0.1) is 13.0 Å². The Morgan fingerprint density at radius 1 is 1.00 bits per heavy atom. The zero-order valence-corrected chi connectivity index (χ0v) is 18.7. The van der Waals surface area contributed by atoms with E-state index >= 15 is 0 Å². The standard InChI is InChI=1S/C27H28N2O3/c1-4-28(21-13-9-19(2)10-14-21)27(31)24-17-18-29(25-8-6-5-7-23(24)25)26(30)20-11-15-22(32-3)16-12-20/h5-16,24H,4,17-18H2,1-3H3/t24-/m0/s1. The SMILES string of the molecule is CCN(C(=O)[C@H]1CCN(C(=O)c2ccc(OC)cc2)c2ccccc21)c1ccc(C)cc1. The molecule has 32 heavy (non-hydrogen) atoms. The number of ether oxygens (including phenoxy) is 1. The molecule has 5 heteroatoms. The Balaban J connectivity index is 1.63. The molecule has 1 atom stereocenters. The topological polar surface area (TPSA) is 49.9 Å². The lowest BCUT2D eigenvalue weighted by Crippen LogP contribution is -2.42. The van der Waals surface area contributed by atoms with Gasteiger partial charge in [0.2, 0.25) is 5.91 Å². The third-order valence-corrected chi connectivity index (χ3v) is 6.05. The number of para-hydroxylation sites is 1. The van der Waals surface area contributed by atoms with Gasteiger partial charge < -0.3 is 14.5 Å². The number of rotatable bonds is 5. The number of carbonyl (C=O) groups excluding carboxylic acids is 2.